The number of nitrogens with one attached hydrogen (secondary N) is 3. The fourth-order valence-corrected chi connectivity index (χ4v) is 8.44. The number of ether oxygens (including phenoxy) is 2. The maximum Gasteiger partial charge on any atom is 0.407 e. The molecule has 0 spiro atoms. The zero-order valence-electron chi connectivity index (χ0n) is 28.6. The number of carbonyl (C=O) groups is 2. The zero-order valence-corrected chi connectivity index (χ0v) is 29.4. The van der Waals surface area contributed by atoms with Crippen LogP contribution in [0.2, 0.25) is 0 Å². The van der Waals surface area contributed by atoms with Crippen molar-refractivity contribution in [2.75, 3.05) is 13.2 Å². The van der Waals surface area contributed by atoms with Gasteiger partial charge in [0.15, 0.2) is 0 Å². The Labute approximate surface area is 287 Å². The van der Waals surface area contributed by atoms with Crippen molar-refractivity contribution in [2.45, 2.75) is 95.2 Å². The van der Waals surface area contributed by atoms with Crippen molar-refractivity contribution in [3.8, 4) is 16.9 Å². The average molecular weight is 689 g/mol. The van der Waals surface area contributed by atoms with E-state index in [0.717, 1.165) is 52.0 Å². The van der Waals surface area contributed by atoms with Crippen molar-refractivity contribution in [1.82, 2.24) is 15.4 Å². The lowest BCUT2D eigenvalue weighted by Crippen LogP contribution is -2.43. The number of nitrogens with zero attached hydrogens (tertiary/aromatic N) is 1. The van der Waals surface area contributed by atoms with Crippen LogP contribution in [0.5, 0.6) is 5.75 Å². The summed E-state index contributed by atoms with van der Waals surface area (Å²) in [6, 6.07) is 14.9. The molecule has 260 valence electrons. The van der Waals surface area contributed by atoms with Crippen LogP contribution < -0.4 is 20.1 Å². The number of carbonyl (C=O) groups excluding carboxylic acids is 1. The lowest BCUT2D eigenvalue weighted by atomic mass is 9.94. The number of sulfonamides is 1. The van der Waals surface area contributed by atoms with E-state index in [1.54, 1.807) is 6.92 Å². The summed E-state index contributed by atoms with van der Waals surface area (Å²) in [6.07, 6.45) is 1.94. The van der Waals surface area contributed by atoms with Crippen molar-refractivity contribution in [3.05, 3.63) is 81.9 Å². The zero-order chi connectivity index (χ0) is 35.1. The summed E-state index contributed by atoms with van der Waals surface area (Å²) in [5.41, 5.74) is 6.86. The predicted molar refractivity (Wildman–Crippen MR) is 187 cm³/mol. The SMILES string of the molecule is Cc1c(C)c(S(=O)(=O)NC(=NCCCC(NC(=O)OCC2c3ccccc3-c3ccccc32)C(=O)O)NC2CC2)c(C)c2c1OC(C)(C)C2. The first kappa shape index (κ1) is 34.3. The van der Waals surface area contributed by atoms with Gasteiger partial charge in [0.2, 0.25) is 5.96 Å². The Hall–Kier alpha value is -4.58. The van der Waals surface area contributed by atoms with E-state index < -0.39 is 33.7 Å². The molecule has 1 unspecified atom stereocenters. The fraction of sp³-hybridized carbons (Fsp3) is 0.432. The maximum absolute atomic E-state index is 13.8. The number of rotatable bonds is 11. The lowest BCUT2D eigenvalue weighted by Gasteiger charge is -2.20. The van der Waals surface area contributed by atoms with Gasteiger partial charge in [-0.05, 0) is 99.2 Å². The molecular weight excluding hydrogens is 644 g/mol. The molecule has 0 aromatic heterocycles. The topological polar surface area (TPSA) is 155 Å². The molecule has 0 bridgehead atoms. The second kappa shape index (κ2) is 13.4. The third-order valence-corrected chi connectivity index (χ3v) is 11.2. The third-order valence-electron chi connectivity index (χ3n) is 9.56. The van der Waals surface area contributed by atoms with Crippen molar-refractivity contribution < 1.29 is 32.6 Å². The molecule has 3 aromatic carbocycles. The van der Waals surface area contributed by atoms with Crippen LogP contribution in [-0.4, -0.2) is 62.4 Å². The molecule has 49 heavy (non-hydrogen) atoms. The maximum atomic E-state index is 13.8. The number of guanidine groups is 1. The smallest absolute Gasteiger partial charge is 0.407 e. The van der Waals surface area contributed by atoms with Crippen LogP contribution in [0.1, 0.15) is 78.8 Å². The van der Waals surface area contributed by atoms with Crippen LogP contribution in [0.3, 0.4) is 0 Å². The molecule has 0 radical (unpaired) electrons. The number of hydrogen-bond donors (Lipinski definition) is 4. The molecule has 2 aliphatic carbocycles. The number of aliphatic carboxylic acids is 1. The highest BCUT2D eigenvalue weighted by atomic mass is 32.2. The number of aliphatic imine (C=N–C) groups is 1. The third kappa shape index (κ3) is 7.24. The first-order valence-electron chi connectivity index (χ1n) is 16.8. The summed E-state index contributed by atoms with van der Waals surface area (Å²) < 4.78 is 42.0. The molecule has 3 aromatic rings. The minimum Gasteiger partial charge on any atom is -0.487 e. The van der Waals surface area contributed by atoms with Crippen LogP contribution in [-0.2, 0) is 26.0 Å². The molecule has 1 aliphatic heterocycles. The van der Waals surface area contributed by atoms with Crippen LogP contribution >= 0.6 is 0 Å². The van der Waals surface area contributed by atoms with Gasteiger partial charge < -0.3 is 25.2 Å². The average Bonchev–Trinajstić information content (AvgIpc) is 3.72. The van der Waals surface area contributed by atoms with Crippen molar-refractivity contribution in [2.24, 2.45) is 4.99 Å². The normalized spacial score (nSPS) is 17.0. The van der Waals surface area contributed by atoms with Crippen LogP contribution in [0.4, 0.5) is 4.79 Å². The van der Waals surface area contributed by atoms with E-state index in [2.05, 4.69) is 20.3 Å². The Balaban J connectivity index is 1.08. The lowest BCUT2D eigenvalue weighted by molar-refractivity contribution is -0.139. The Morgan fingerprint density at radius 1 is 1.00 bits per heavy atom. The van der Waals surface area contributed by atoms with E-state index in [-0.39, 0.29) is 48.8 Å². The highest BCUT2D eigenvalue weighted by molar-refractivity contribution is 7.90. The summed E-state index contributed by atoms with van der Waals surface area (Å²) in [6.45, 7) is 9.65. The van der Waals surface area contributed by atoms with Crippen molar-refractivity contribution >= 4 is 28.0 Å². The van der Waals surface area contributed by atoms with Gasteiger partial charge in [-0.3, -0.25) is 4.99 Å². The van der Waals surface area contributed by atoms with Gasteiger partial charge in [0, 0.05) is 30.5 Å². The monoisotopic (exact) mass is 688 g/mol. The highest BCUT2D eigenvalue weighted by Gasteiger charge is 2.37. The number of hydrogen-bond acceptors (Lipinski definition) is 7. The molecule has 1 saturated carbocycles. The molecular formula is C37H44N4O7S. The van der Waals surface area contributed by atoms with Gasteiger partial charge >= 0.3 is 12.1 Å². The number of carboxylic acids is 1. The van der Waals surface area contributed by atoms with Crippen LogP contribution in [0.15, 0.2) is 58.4 Å². The Morgan fingerprint density at radius 2 is 1.63 bits per heavy atom. The number of alkyl carbamates (subject to hydrolysis) is 1. The van der Waals surface area contributed by atoms with E-state index >= 15 is 0 Å². The largest absolute Gasteiger partial charge is 0.487 e. The predicted octanol–water partition coefficient (Wildman–Crippen LogP) is 5.48. The van der Waals surface area contributed by atoms with Gasteiger partial charge in [0.05, 0.1) is 4.90 Å². The van der Waals surface area contributed by atoms with Crippen molar-refractivity contribution in [1.29, 1.82) is 0 Å². The van der Waals surface area contributed by atoms with Crippen LogP contribution in [0.25, 0.3) is 11.1 Å². The summed E-state index contributed by atoms with van der Waals surface area (Å²) in [5, 5.41) is 15.5. The summed E-state index contributed by atoms with van der Waals surface area (Å²) in [5.74, 6) is -0.471. The summed E-state index contributed by atoms with van der Waals surface area (Å²) in [7, 11) is -4.02. The molecule has 1 fully saturated rings. The first-order chi connectivity index (χ1) is 23.3. The van der Waals surface area contributed by atoms with E-state index in [1.807, 2.05) is 76.2 Å². The Bertz CT molecular complexity index is 1890. The van der Waals surface area contributed by atoms with Gasteiger partial charge in [0.1, 0.15) is 24.0 Å². The summed E-state index contributed by atoms with van der Waals surface area (Å²) >= 11 is 0. The minimum absolute atomic E-state index is 0.0698. The first-order valence-corrected chi connectivity index (χ1v) is 18.2. The Morgan fingerprint density at radius 3 is 2.24 bits per heavy atom. The van der Waals surface area contributed by atoms with Gasteiger partial charge in [0.25, 0.3) is 10.0 Å². The standard InChI is InChI=1S/C37H44N4O7S/c1-21-22(2)33(23(3)29-19-37(4,5)48-32(21)29)49(45,46)41-35(39-24-16-17-24)38-18-10-15-31(34(42)43)40-36(44)47-20-30-27-13-8-6-11-25(27)26-12-7-9-14-28(26)30/h6-9,11-14,24,30-31H,10,15-20H2,1-5H3,(H,40,44)(H,42,43)(H2,38,39,41). The molecule has 12 heteroatoms. The second-order valence-corrected chi connectivity index (χ2v) is 15.4. The van der Waals surface area contributed by atoms with Crippen molar-refractivity contribution in [3.63, 3.8) is 0 Å². The second-order valence-electron chi connectivity index (χ2n) is 13.8. The Kier molecular flexibility index (Phi) is 9.36. The quantitative estimate of drug-likeness (QED) is 0.117. The highest BCUT2D eigenvalue weighted by Crippen LogP contribution is 2.45. The number of amides is 1. The van der Waals surface area contributed by atoms with Gasteiger partial charge in [-0.2, -0.15) is 0 Å². The minimum atomic E-state index is -4.02. The fourth-order valence-electron chi connectivity index (χ4n) is 6.88. The molecule has 1 atom stereocenters. The van der Waals surface area contributed by atoms with Gasteiger partial charge in [-0.15, -0.1) is 0 Å². The molecule has 1 heterocycles. The molecule has 0 saturated heterocycles. The van der Waals surface area contributed by atoms with E-state index in [9.17, 15) is 23.1 Å². The number of fused-ring (bicyclic) bond motifs is 4. The molecule has 1 amide bonds. The van der Waals surface area contributed by atoms with Gasteiger partial charge in [-0.25, -0.2) is 22.7 Å². The molecule has 11 nitrogen and oxygen atoms in total. The van der Waals surface area contributed by atoms with Crippen LogP contribution in [0, 0.1) is 20.8 Å². The number of benzene rings is 3. The molecule has 6 rings (SSSR count). The molecule has 3 aliphatic rings. The van der Waals surface area contributed by atoms with E-state index in [0.29, 0.717) is 17.5 Å². The van der Waals surface area contributed by atoms with Gasteiger partial charge in [-0.1, -0.05) is 48.5 Å². The summed E-state index contributed by atoms with van der Waals surface area (Å²) in [4.78, 5) is 29.5. The number of carboxylic acid groups (broad SMARTS) is 1. The molecule has 4 N–H and O–H groups in total. The van der Waals surface area contributed by atoms with E-state index in [1.165, 1.54) is 0 Å². The van der Waals surface area contributed by atoms with E-state index in [4.69, 9.17) is 9.47 Å².